The van der Waals surface area contributed by atoms with Gasteiger partial charge in [-0.05, 0) is 43.9 Å². The first-order valence-corrected chi connectivity index (χ1v) is 7.78. The number of ether oxygens (including phenoxy) is 1. The Hall–Kier alpha value is -0.490. The van der Waals surface area contributed by atoms with Crippen LogP contribution in [0, 0.1) is 17.7 Å². The summed E-state index contributed by atoms with van der Waals surface area (Å²) in [4.78, 5) is 0. The van der Waals surface area contributed by atoms with Crippen LogP contribution in [-0.2, 0) is 11.2 Å². The van der Waals surface area contributed by atoms with Crippen LogP contribution in [0.15, 0.2) is 22.7 Å². The SMILES string of the molecule is CC1OC(C)C(C(Cc2ccc(Br)cc2F)NN)C1C. The normalized spacial score (nSPS) is 31.5. The molecule has 1 fully saturated rings. The summed E-state index contributed by atoms with van der Waals surface area (Å²) in [5, 5.41) is 0. The zero-order chi connectivity index (χ0) is 14.9. The van der Waals surface area contributed by atoms with E-state index in [2.05, 4.69) is 42.1 Å². The Morgan fingerprint density at radius 3 is 2.55 bits per heavy atom. The topological polar surface area (TPSA) is 47.3 Å². The van der Waals surface area contributed by atoms with Crippen molar-refractivity contribution in [1.29, 1.82) is 0 Å². The molecule has 2 rings (SSSR count). The standard InChI is InChI=1S/C15H22BrFN2O/c1-8-9(2)20-10(3)15(8)14(19-18)6-11-4-5-12(16)7-13(11)17/h4-5,7-10,14-15,19H,6,18H2,1-3H3. The maximum Gasteiger partial charge on any atom is 0.127 e. The van der Waals surface area contributed by atoms with Crippen molar-refractivity contribution in [3.8, 4) is 0 Å². The molecule has 3 N–H and O–H groups in total. The van der Waals surface area contributed by atoms with E-state index in [0.29, 0.717) is 17.9 Å². The maximum atomic E-state index is 14.0. The molecule has 112 valence electrons. The fourth-order valence-electron chi connectivity index (χ4n) is 3.22. The molecule has 1 heterocycles. The van der Waals surface area contributed by atoms with Gasteiger partial charge in [0.1, 0.15) is 5.82 Å². The van der Waals surface area contributed by atoms with Crippen molar-refractivity contribution in [3.63, 3.8) is 0 Å². The molecule has 20 heavy (non-hydrogen) atoms. The Balaban J connectivity index is 2.16. The molecule has 5 heteroatoms. The minimum Gasteiger partial charge on any atom is -0.375 e. The Bertz CT molecular complexity index is 471. The van der Waals surface area contributed by atoms with E-state index in [-0.39, 0.29) is 30.0 Å². The molecular formula is C15H22BrFN2O. The summed E-state index contributed by atoms with van der Waals surface area (Å²) in [6, 6.07) is 5.15. The lowest BCUT2D eigenvalue weighted by atomic mass is 9.81. The minimum atomic E-state index is -0.202. The monoisotopic (exact) mass is 344 g/mol. The van der Waals surface area contributed by atoms with Crippen LogP contribution in [0.5, 0.6) is 0 Å². The molecule has 0 bridgehead atoms. The van der Waals surface area contributed by atoms with Gasteiger partial charge in [-0.25, -0.2) is 4.39 Å². The number of hydrogen-bond acceptors (Lipinski definition) is 3. The van der Waals surface area contributed by atoms with Crippen LogP contribution in [0.2, 0.25) is 0 Å². The van der Waals surface area contributed by atoms with Crippen LogP contribution < -0.4 is 11.3 Å². The summed E-state index contributed by atoms with van der Waals surface area (Å²) < 4.78 is 20.6. The summed E-state index contributed by atoms with van der Waals surface area (Å²) in [5.74, 6) is 6.18. The lowest BCUT2D eigenvalue weighted by Gasteiger charge is -2.28. The highest BCUT2D eigenvalue weighted by atomic mass is 79.9. The summed E-state index contributed by atoms with van der Waals surface area (Å²) in [7, 11) is 0. The first-order valence-electron chi connectivity index (χ1n) is 6.99. The van der Waals surface area contributed by atoms with Crippen molar-refractivity contribution in [3.05, 3.63) is 34.1 Å². The second kappa shape index (κ2) is 6.52. The highest BCUT2D eigenvalue weighted by Gasteiger charge is 2.41. The van der Waals surface area contributed by atoms with Crippen molar-refractivity contribution in [2.75, 3.05) is 0 Å². The van der Waals surface area contributed by atoms with E-state index in [0.717, 1.165) is 4.47 Å². The number of hydrazine groups is 1. The van der Waals surface area contributed by atoms with E-state index >= 15 is 0 Å². The van der Waals surface area contributed by atoms with Crippen LogP contribution in [0.4, 0.5) is 4.39 Å². The first-order chi connectivity index (χ1) is 9.43. The number of rotatable bonds is 4. The maximum absolute atomic E-state index is 14.0. The number of hydrogen-bond donors (Lipinski definition) is 2. The Labute approximate surface area is 128 Å². The molecule has 3 nitrogen and oxygen atoms in total. The molecule has 0 amide bonds. The van der Waals surface area contributed by atoms with Crippen molar-refractivity contribution in [1.82, 2.24) is 5.43 Å². The second-order valence-electron chi connectivity index (χ2n) is 5.70. The van der Waals surface area contributed by atoms with Gasteiger partial charge in [-0.2, -0.15) is 0 Å². The third-order valence-corrected chi connectivity index (χ3v) is 4.95. The molecule has 0 aromatic heterocycles. The summed E-state index contributed by atoms with van der Waals surface area (Å²) in [5.41, 5.74) is 3.53. The smallest absolute Gasteiger partial charge is 0.127 e. The van der Waals surface area contributed by atoms with Gasteiger partial charge in [0.2, 0.25) is 0 Å². The third-order valence-electron chi connectivity index (χ3n) is 4.45. The predicted molar refractivity (Wildman–Crippen MR) is 81.6 cm³/mol. The zero-order valence-corrected chi connectivity index (χ0v) is 13.7. The molecule has 5 unspecified atom stereocenters. The predicted octanol–water partition coefficient (Wildman–Crippen LogP) is 3.02. The Kier molecular flexibility index (Phi) is 5.18. The van der Waals surface area contributed by atoms with Crippen LogP contribution in [-0.4, -0.2) is 18.2 Å². The third kappa shape index (κ3) is 3.22. The number of nitrogens with one attached hydrogen (secondary N) is 1. The number of nitrogens with two attached hydrogens (primary N) is 1. The molecule has 5 atom stereocenters. The first kappa shape index (κ1) is 15.9. The van der Waals surface area contributed by atoms with Crippen LogP contribution in [0.3, 0.4) is 0 Å². The summed E-state index contributed by atoms with van der Waals surface area (Å²) in [6.07, 6.45) is 0.894. The summed E-state index contributed by atoms with van der Waals surface area (Å²) in [6.45, 7) is 6.31. The lowest BCUT2D eigenvalue weighted by Crippen LogP contribution is -2.46. The van der Waals surface area contributed by atoms with E-state index in [1.165, 1.54) is 6.07 Å². The average molecular weight is 345 g/mol. The number of halogens is 2. The van der Waals surface area contributed by atoms with E-state index in [4.69, 9.17) is 10.6 Å². The van der Waals surface area contributed by atoms with Gasteiger partial charge in [0.25, 0.3) is 0 Å². The van der Waals surface area contributed by atoms with Crippen molar-refractivity contribution in [2.45, 2.75) is 45.4 Å². The largest absolute Gasteiger partial charge is 0.375 e. The van der Waals surface area contributed by atoms with E-state index in [9.17, 15) is 4.39 Å². The Morgan fingerprint density at radius 2 is 2.05 bits per heavy atom. The Morgan fingerprint density at radius 1 is 1.35 bits per heavy atom. The fourth-order valence-corrected chi connectivity index (χ4v) is 3.55. The van der Waals surface area contributed by atoms with Crippen molar-refractivity contribution < 1.29 is 9.13 Å². The molecule has 1 aliphatic rings. The molecule has 0 saturated carbocycles. The van der Waals surface area contributed by atoms with Gasteiger partial charge in [-0.1, -0.05) is 28.9 Å². The van der Waals surface area contributed by atoms with Crippen LogP contribution in [0.25, 0.3) is 0 Å². The van der Waals surface area contributed by atoms with Crippen LogP contribution in [0.1, 0.15) is 26.3 Å². The minimum absolute atomic E-state index is 0.000579. The highest BCUT2D eigenvalue weighted by molar-refractivity contribution is 9.10. The van der Waals surface area contributed by atoms with E-state index in [1.54, 1.807) is 6.07 Å². The quantitative estimate of drug-likeness (QED) is 0.651. The molecule has 1 saturated heterocycles. The van der Waals surface area contributed by atoms with Crippen LogP contribution >= 0.6 is 15.9 Å². The van der Waals surface area contributed by atoms with Crippen molar-refractivity contribution in [2.24, 2.45) is 17.7 Å². The number of benzene rings is 1. The van der Waals surface area contributed by atoms with Gasteiger partial charge in [-0.15, -0.1) is 0 Å². The summed E-state index contributed by atoms with van der Waals surface area (Å²) >= 11 is 3.27. The molecule has 0 aliphatic carbocycles. The lowest BCUT2D eigenvalue weighted by molar-refractivity contribution is 0.0475. The van der Waals surface area contributed by atoms with E-state index in [1.807, 2.05) is 6.07 Å². The zero-order valence-electron chi connectivity index (χ0n) is 12.1. The highest BCUT2D eigenvalue weighted by Crippen LogP contribution is 2.35. The van der Waals surface area contributed by atoms with Gasteiger partial charge < -0.3 is 4.74 Å². The average Bonchev–Trinajstić information content (AvgIpc) is 2.63. The van der Waals surface area contributed by atoms with Gasteiger partial charge in [0.05, 0.1) is 12.2 Å². The molecular weight excluding hydrogens is 323 g/mol. The molecule has 0 radical (unpaired) electrons. The molecule has 1 aromatic rings. The van der Waals surface area contributed by atoms with Gasteiger partial charge in [0.15, 0.2) is 0 Å². The molecule has 0 spiro atoms. The fraction of sp³-hybridized carbons (Fsp3) is 0.600. The van der Waals surface area contributed by atoms with Gasteiger partial charge in [-0.3, -0.25) is 11.3 Å². The van der Waals surface area contributed by atoms with Gasteiger partial charge in [0, 0.05) is 16.4 Å². The van der Waals surface area contributed by atoms with Gasteiger partial charge >= 0.3 is 0 Å². The second-order valence-corrected chi connectivity index (χ2v) is 6.61. The molecule has 1 aliphatic heterocycles. The van der Waals surface area contributed by atoms with Crippen molar-refractivity contribution >= 4 is 15.9 Å². The molecule has 1 aromatic carbocycles. The van der Waals surface area contributed by atoms with E-state index < -0.39 is 0 Å².